The molecular weight excluding hydrogens is 258 g/mol. The molecule has 0 radical (unpaired) electrons. The number of ether oxygens (including phenoxy) is 2. The summed E-state index contributed by atoms with van der Waals surface area (Å²) in [4.78, 5) is 26.5. The Hall–Kier alpha value is -2.52. The number of rotatable bonds is 3. The van der Waals surface area contributed by atoms with Crippen molar-refractivity contribution in [2.75, 3.05) is 26.2 Å². The molecule has 20 heavy (non-hydrogen) atoms. The molecule has 1 aromatic carbocycles. The molecule has 0 fully saturated rings. The third-order valence-electron chi connectivity index (χ3n) is 3.50. The zero-order valence-corrected chi connectivity index (χ0v) is 11.6. The highest BCUT2D eigenvalue weighted by atomic mass is 16.5. The summed E-state index contributed by atoms with van der Waals surface area (Å²) in [5.74, 6) is -0.669. The van der Waals surface area contributed by atoms with Gasteiger partial charge in [-0.05, 0) is 12.1 Å². The van der Waals surface area contributed by atoms with Crippen LogP contribution in [0.5, 0.6) is 5.75 Å². The fourth-order valence-corrected chi connectivity index (χ4v) is 2.48. The number of ketones is 1. The van der Waals surface area contributed by atoms with Crippen LogP contribution in [0.3, 0.4) is 0 Å². The van der Waals surface area contributed by atoms with Crippen molar-refractivity contribution >= 4 is 17.4 Å². The fourth-order valence-electron chi connectivity index (χ4n) is 2.48. The Morgan fingerprint density at radius 3 is 2.70 bits per heavy atom. The molecular formula is C15H15NO4. The van der Waals surface area contributed by atoms with Crippen LogP contribution in [0.4, 0.5) is 5.69 Å². The summed E-state index contributed by atoms with van der Waals surface area (Å²) in [6.07, 6.45) is 1.32. The standard InChI is InChI=1S/C15H15NO4/c1-5-9-15(14(18)20-4)13(17)12-10(16(15)2)7-6-8-11(12)19-3/h6-9H,1H2,2-4H3. The average molecular weight is 273 g/mol. The van der Waals surface area contributed by atoms with E-state index in [0.29, 0.717) is 17.0 Å². The molecule has 2 rings (SSSR count). The van der Waals surface area contributed by atoms with Gasteiger partial charge in [0.05, 0.1) is 25.5 Å². The largest absolute Gasteiger partial charge is 0.496 e. The van der Waals surface area contributed by atoms with E-state index in [0.717, 1.165) is 0 Å². The van der Waals surface area contributed by atoms with Gasteiger partial charge >= 0.3 is 5.97 Å². The summed E-state index contributed by atoms with van der Waals surface area (Å²) < 4.78 is 10.0. The number of benzene rings is 1. The molecule has 5 heteroatoms. The number of esters is 1. The first-order valence-electron chi connectivity index (χ1n) is 5.95. The molecule has 0 spiro atoms. The van der Waals surface area contributed by atoms with Crippen LogP contribution in [0, 0.1) is 0 Å². The molecule has 5 nitrogen and oxygen atoms in total. The summed E-state index contributed by atoms with van der Waals surface area (Å²) in [7, 11) is 4.36. The lowest BCUT2D eigenvalue weighted by Gasteiger charge is -2.29. The van der Waals surface area contributed by atoms with Crippen molar-refractivity contribution in [3.63, 3.8) is 0 Å². The van der Waals surface area contributed by atoms with Crippen molar-refractivity contribution in [2.45, 2.75) is 5.54 Å². The van der Waals surface area contributed by atoms with Crippen LogP contribution >= 0.6 is 0 Å². The Balaban J connectivity index is 2.75. The third-order valence-corrected chi connectivity index (χ3v) is 3.50. The molecule has 104 valence electrons. The van der Waals surface area contributed by atoms with Crippen molar-refractivity contribution in [2.24, 2.45) is 0 Å². The zero-order chi connectivity index (χ0) is 14.9. The van der Waals surface area contributed by atoms with Crippen molar-refractivity contribution in [1.29, 1.82) is 0 Å². The summed E-state index contributed by atoms with van der Waals surface area (Å²) in [6.45, 7) is 3.46. The van der Waals surface area contributed by atoms with Crippen LogP contribution in [-0.2, 0) is 9.53 Å². The maximum atomic E-state index is 12.8. The van der Waals surface area contributed by atoms with Crippen LogP contribution in [0.1, 0.15) is 10.4 Å². The SMILES string of the molecule is C=C=CC1(C(=O)OC)C(=O)c2c(OC)cccc2N1C. The van der Waals surface area contributed by atoms with Crippen LogP contribution in [0.25, 0.3) is 0 Å². The lowest BCUT2D eigenvalue weighted by Crippen LogP contribution is -2.54. The van der Waals surface area contributed by atoms with Crippen LogP contribution in [0.15, 0.2) is 36.6 Å². The molecule has 0 aromatic heterocycles. The zero-order valence-electron chi connectivity index (χ0n) is 11.6. The van der Waals surface area contributed by atoms with E-state index < -0.39 is 17.3 Å². The topological polar surface area (TPSA) is 55.8 Å². The summed E-state index contributed by atoms with van der Waals surface area (Å²) in [5.41, 5.74) is 1.90. The van der Waals surface area contributed by atoms with Crippen molar-refractivity contribution in [3.8, 4) is 5.75 Å². The molecule has 0 bridgehead atoms. The molecule has 1 aliphatic heterocycles. The van der Waals surface area contributed by atoms with E-state index in [2.05, 4.69) is 12.3 Å². The molecule has 0 saturated carbocycles. The Morgan fingerprint density at radius 2 is 2.15 bits per heavy atom. The highest BCUT2D eigenvalue weighted by Gasteiger charge is 2.56. The predicted molar refractivity (Wildman–Crippen MR) is 74.2 cm³/mol. The van der Waals surface area contributed by atoms with E-state index in [-0.39, 0.29) is 0 Å². The van der Waals surface area contributed by atoms with E-state index in [4.69, 9.17) is 9.47 Å². The average Bonchev–Trinajstić information content (AvgIpc) is 2.69. The number of hydrogen-bond acceptors (Lipinski definition) is 5. The smallest absolute Gasteiger partial charge is 0.344 e. The summed E-state index contributed by atoms with van der Waals surface area (Å²) >= 11 is 0. The van der Waals surface area contributed by atoms with Crippen molar-refractivity contribution in [1.82, 2.24) is 0 Å². The molecule has 0 N–H and O–H groups in total. The van der Waals surface area contributed by atoms with E-state index in [1.54, 1.807) is 30.1 Å². The van der Waals surface area contributed by atoms with Gasteiger partial charge in [0.2, 0.25) is 11.3 Å². The van der Waals surface area contributed by atoms with Crippen molar-refractivity contribution in [3.05, 3.63) is 42.1 Å². The number of methoxy groups -OCH3 is 2. The van der Waals surface area contributed by atoms with Gasteiger partial charge in [-0.15, -0.1) is 5.73 Å². The fraction of sp³-hybridized carbons (Fsp3) is 0.267. The second kappa shape index (κ2) is 4.87. The van der Waals surface area contributed by atoms with Gasteiger partial charge in [0.1, 0.15) is 5.75 Å². The van der Waals surface area contributed by atoms with E-state index in [9.17, 15) is 9.59 Å². The second-order valence-electron chi connectivity index (χ2n) is 4.35. The predicted octanol–water partition coefficient (Wildman–Crippen LogP) is 1.58. The first-order chi connectivity index (χ1) is 9.54. The molecule has 0 amide bonds. The van der Waals surface area contributed by atoms with Crippen LogP contribution < -0.4 is 9.64 Å². The van der Waals surface area contributed by atoms with Gasteiger partial charge in [-0.2, -0.15) is 0 Å². The molecule has 1 unspecified atom stereocenters. The number of carbonyl (C=O) groups is 2. The van der Waals surface area contributed by atoms with Crippen LogP contribution in [0.2, 0.25) is 0 Å². The first-order valence-corrected chi connectivity index (χ1v) is 5.95. The number of carbonyl (C=O) groups excluding carboxylic acids is 2. The minimum Gasteiger partial charge on any atom is -0.496 e. The highest BCUT2D eigenvalue weighted by molar-refractivity contribution is 6.27. The van der Waals surface area contributed by atoms with Crippen LogP contribution in [-0.4, -0.2) is 38.6 Å². The Morgan fingerprint density at radius 1 is 1.45 bits per heavy atom. The van der Waals surface area contributed by atoms with Gasteiger partial charge < -0.3 is 14.4 Å². The number of nitrogens with zero attached hydrogens (tertiary/aromatic N) is 1. The van der Waals surface area contributed by atoms with Gasteiger partial charge in [0.25, 0.3) is 0 Å². The number of anilines is 1. The minimum atomic E-state index is -1.58. The molecule has 1 atom stereocenters. The number of likely N-dealkylation sites (N-methyl/N-ethyl adjacent to an activating group) is 1. The molecule has 1 heterocycles. The lowest BCUT2D eigenvalue weighted by molar-refractivity contribution is -0.143. The monoisotopic (exact) mass is 273 g/mol. The number of fused-ring (bicyclic) bond motifs is 1. The van der Waals surface area contributed by atoms with Gasteiger partial charge in [0, 0.05) is 13.1 Å². The number of hydrogen-bond donors (Lipinski definition) is 0. The van der Waals surface area contributed by atoms with Gasteiger partial charge in [0.15, 0.2) is 0 Å². The normalized spacial score (nSPS) is 20.1. The van der Waals surface area contributed by atoms with E-state index in [1.807, 2.05) is 0 Å². The third kappa shape index (κ3) is 1.57. The maximum absolute atomic E-state index is 12.8. The first kappa shape index (κ1) is 13.9. The second-order valence-corrected chi connectivity index (χ2v) is 4.35. The molecule has 1 aliphatic rings. The lowest BCUT2D eigenvalue weighted by atomic mass is 9.92. The Labute approximate surface area is 117 Å². The Kier molecular flexibility index (Phi) is 3.38. The van der Waals surface area contributed by atoms with Gasteiger partial charge in [-0.3, -0.25) is 4.79 Å². The maximum Gasteiger partial charge on any atom is 0.344 e. The molecule has 0 saturated heterocycles. The van der Waals surface area contributed by atoms with E-state index >= 15 is 0 Å². The quantitative estimate of drug-likeness (QED) is 0.475. The summed E-state index contributed by atoms with van der Waals surface area (Å²) in [5, 5.41) is 0. The minimum absolute atomic E-state index is 0.356. The van der Waals surface area contributed by atoms with Gasteiger partial charge in [-0.25, -0.2) is 4.79 Å². The van der Waals surface area contributed by atoms with Gasteiger partial charge in [-0.1, -0.05) is 12.6 Å². The summed E-state index contributed by atoms with van der Waals surface area (Å²) in [6, 6.07) is 5.18. The molecule has 0 aliphatic carbocycles. The van der Waals surface area contributed by atoms with E-state index in [1.165, 1.54) is 20.3 Å². The highest BCUT2D eigenvalue weighted by Crippen LogP contribution is 2.43. The van der Waals surface area contributed by atoms with Crippen molar-refractivity contribution < 1.29 is 19.1 Å². The molecule has 1 aromatic rings. The number of Topliss-reactive ketones (excluding diaryl/α,β-unsaturated/α-hetero) is 1. The Bertz CT molecular complexity index is 631.